The Morgan fingerprint density at radius 3 is 2.47 bits per heavy atom. The van der Waals surface area contributed by atoms with Crippen LogP contribution in [-0.2, 0) is 9.84 Å². The molecule has 1 aromatic rings. The molecule has 1 heterocycles. The summed E-state index contributed by atoms with van der Waals surface area (Å²) in [5.74, 6) is -0.720. The molecule has 0 bridgehead atoms. The van der Waals surface area contributed by atoms with Crippen molar-refractivity contribution in [3.63, 3.8) is 0 Å². The molecule has 17 heavy (non-hydrogen) atoms. The van der Waals surface area contributed by atoms with Crippen LogP contribution in [0.3, 0.4) is 0 Å². The Morgan fingerprint density at radius 1 is 1.47 bits per heavy atom. The van der Waals surface area contributed by atoms with Crippen LogP contribution < -0.4 is 16.8 Å². The summed E-state index contributed by atoms with van der Waals surface area (Å²) in [6.07, 6.45) is 1.88. The third-order valence-electron chi connectivity index (χ3n) is 2.03. The highest BCUT2D eigenvalue weighted by molar-refractivity contribution is 7.91. The van der Waals surface area contributed by atoms with Gasteiger partial charge in [-0.3, -0.25) is 4.79 Å². The molecule has 6 nitrogen and oxygen atoms in total. The Labute approximate surface area is 104 Å². The van der Waals surface area contributed by atoms with Crippen molar-refractivity contribution in [2.24, 2.45) is 5.73 Å². The second kappa shape index (κ2) is 4.92. The van der Waals surface area contributed by atoms with Crippen LogP contribution in [0.5, 0.6) is 0 Å². The van der Waals surface area contributed by atoms with Gasteiger partial charge in [-0.2, -0.15) is 0 Å². The summed E-state index contributed by atoms with van der Waals surface area (Å²) in [6, 6.07) is 0. The molecule has 8 heteroatoms. The summed E-state index contributed by atoms with van der Waals surface area (Å²) in [7, 11) is -3.49. The van der Waals surface area contributed by atoms with Crippen molar-refractivity contribution < 1.29 is 13.2 Å². The van der Waals surface area contributed by atoms with Crippen LogP contribution in [0, 0.1) is 0 Å². The minimum atomic E-state index is -3.49. The average Bonchev–Trinajstić information content (AvgIpc) is 2.51. The molecule has 96 valence electrons. The largest absolute Gasteiger partial charge is 0.396 e. The Hall–Kier alpha value is -1.28. The molecular weight excluding hydrogens is 262 g/mol. The Morgan fingerprint density at radius 2 is 2.06 bits per heavy atom. The fourth-order valence-corrected chi connectivity index (χ4v) is 3.78. The van der Waals surface area contributed by atoms with Crippen LogP contribution in [-0.4, -0.2) is 27.1 Å². The quantitative estimate of drug-likeness (QED) is 0.731. The van der Waals surface area contributed by atoms with E-state index in [0.29, 0.717) is 11.5 Å². The van der Waals surface area contributed by atoms with Crippen LogP contribution >= 0.6 is 11.3 Å². The van der Waals surface area contributed by atoms with Gasteiger partial charge in [-0.15, -0.1) is 11.3 Å². The predicted molar refractivity (Wildman–Crippen MR) is 69.1 cm³/mol. The lowest BCUT2D eigenvalue weighted by Gasteiger charge is -2.04. The van der Waals surface area contributed by atoms with E-state index in [4.69, 9.17) is 11.5 Å². The van der Waals surface area contributed by atoms with Gasteiger partial charge in [0.25, 0.3) is 5.91 Å². The Kier molecular flexibility index (Phi) is 3.99. The van der Waals surface area contributed by atoms with Crippen LogP contribution in [0.25, 0.3) is 0 Å². The average molecular weight is 277 g/mol. The van der Waals surface area contributed by atoms with Crippen molar-refractivity contribution in [1.82, 2.24) is 0 Å². The molecule has 5 N–H and O–H groups in total. The molecule has 0 radical (unpaired) electrons. The van der Waals surface area contributed by atoms with Gasteiger partial charge in [0.2, 0.25) is 0 Å². The maximum atomic E-state index is 11.6. The number of carbonyl (C=O) groups is 1. The van der Waals surface area contributed by atoms with Gasteiger partial charge in [0.05, 0.1) is 5.69 Å². The second-order valence-electron chi connectivity index (χ2n) is 3.57. The van der Waals surface area contributed by atoms with Gasteiger partial charge >= 0.3 is 0 Å². The Bertz CT molecular complexity index is 534. The van der Waals surface area contributed by atoms with Gasteiger partial charge in [-0.1, -0.05) is 6.92 Å². The SMILES string of the molecule is CCCNc1sc(C(N)=O)c(N)c1S(C)(=O)=O. The molecular formula is C9H15N3O3S2. The summed E-state index contributed by atoms with van der Waals surface area (Å²) in [5.41, 5.74) is 10.7. The van der Waals surface area contributed by atoms with Gasteiger partial charge in [0.15, 0.2) is 9.84 Å². The van der Waals surface area contributed by atoms with Gasteiger partial charge in [0, 0.05) is 12.8 Å². The van der Waals surface area contributed by atoms with E-state index in [1.54, 1.807) is 0 Å². The highest BCUT2D eigenvalue weighted by Crippen LogP contribution is 2.38. The molecule has 1 amide bonds. The summed E-state index contributed by atoms with van der Waals surface area (Å²) in [6.45, 7) is 2.54. The van der Waals surface area contributed by atoms with E-state index in [0.717, 1.165) is 24.0 Å². The summed E-state index contributed by atoms with van der Waals surface area (Å²) < 4.78 is 23.2. The number of sulfone groups is 1. The molecule has 0 fully saturated rings. The highest BCUT2D eigenvalue weighted by Gasteiger charge is 2.25. The smallest absolute Gasteiger partial charge is 0.261 e. The van der Waals surface area contributed by atoms with E-state index >= 15 is 0 Å². The Balaban J connectivity index is 3.38. The zero-order valence-electron chi connectivity index (χ0n) is 9.61. The maximum Gasteiger partial charge on any atom is 0.261 e. The van der Waals surface area contributed by atoms with Crippen LogP contribution in [0.2, 0.25) is 0 Å². The number of primary amides is 1. The van der Waals surface area contributed by atoms with E-state index in [2.05, 4.69) is 5.32 Å². The zero-order chi connectivity index (χ0) is 13.2. The van der Waals surface area contributed by atoms with Crippen molar-refractivity contribution >= 4 is 37.8 Å². The zero-order valence-corrected chi connectivity index (χ0v) is 11.2. The molecule has 0 atom stereocenters. The number of rotatable bonds is 5. The van der Waals surface area contributed by atoms with Crippen LogP contribution in [0.1, 0.15) is 23.0 Å². The fraction of sp³-hybridized carbons (Fsp3) is 0.444. The molecule has 1 aromatic heterocycles. The number of nitrogen functional groups attached to an aromatic ring is 1. The molecule has 0 aliphatic carbocycles. The topological polar surface area (TPSA) is 115 Å². The first-order chi connectivity index (χ1) is 7.79. The molecule has 0 aromatic carbocycles. The van der Waals surface area contributed by atoms with Gasteiger partial charge in [-0.25, -0.2) is 8.42 Å². The van der Waals surface area contributed by atoms with E-state index in [1.165, 1.54) is 0 Å². The number of amides is 1. The van der Waals surface area contributed by atoms with Crippen LogP contribution in [0.4, 0.5) is 10.7 Å². The van der Waals surface area contributed by atoms with E-state index in [1.807, 2.05) is 6.92 Å². The first-order valence-electron chi connectivity index (χ1n) is 4.95. The van der Waals surface area contributed by atoms with Gasteiger partial charge in [0.1, 0.15) is 14.8 Å². The first kappa shape index (κ1) is 13.8. The fourth-order valence-electron chi connectivity index (χ4n) is 1.33. The van der Waals surface area contributed by atoms with E-state index in [-0.39, 0.29) is 15.5 Å². The highest BCUT2D eigenvalue weighted by atomic mass is 32.2. The standard InChI is InChI=1S/C9H15N3O3S2/c1-3-4-12-9-7(17(2,14)15)5(10)6(16-9)8(11)13/h12H,3-4,10H2,1-2H3,(H2,11,13). The number of nitrogens with two attached hydrogens (primary N) is 2. The van der Waals surface area contributed by atoms with E-state index < -0.39 is 15.7 Å². The van der Waals surface area contributed by atoms with E-state index in [9.17, 15) is 13.2 Å². The molecule has 0 unspecified atom stereocenters. The summed E-state index contributed by atoms with van der Waals surface area (Å²) in [4.78, 5) is 11.2. The number of nitrogens with one attached hydrogen (secondary N) is 1. The number of hydrogen-bond acceptors (Lipinski definition) is 6. The maximum absolute atomic E-state index is 11.6. The van der Waals surface area contributed by atoms with Crippen molar-refractivity contribution in [3.05, 3.63) is 4.88 Å². The number of thiophene rings is 1. The second-order valence-corrected chi connectivity index (χ2v) is 6.54. The van der Waals surface area contributed by atoms with Crippen molar-refractivity contribution in [1.29, 1.82) is 0 Å². The lowest BCUT2D eigenvalue weighted by molar-refractivity contribution is 0.100. The normalized spacial score (nSPS) is 11.4. The van der Waals surface area contributed by atoms with Crippen molar-refractivity contribution in [2.75, 3.05) is 23.9 Å². The monoisotopic (exact) mass is 277 g/mol. The predicted octanol–water partition coefficient (Wildman–Crippen LogP) is 0.655. The minimum Gasteiger partial charge on any atom is -0.396 e. The molecule has 0 saturated carbocycles. The van der Waals surface area contributed by atoms with Crippen LogP contribution in [0.15, 0.2) is 4.90 Å². The van der Waals surface area contributed by atoms with Crippen molar-refractivity contribution in [2.45, 2.75) is 18.2 Å². The number of hydrogen-bond donors (Lipinski definition) is 3. The minimum absolute atomic E-state index is 0.0373. The molecule has 0 spiro atoms. The number of anilines is 2. The van der Waals surface area contributed by atoms with Gasteiger partial charge in [-0.05, 0) is 6.42 Å². The lowest BCUT2D eigenvalue weighted by Crippen LogP contribution is -2.12. The molecule has 0 saturated heterocycles. The molecule has 1 rings (SSSR count). The van der Waals surface area contributed by atoms with Gasteiger partial charge < -0.3 is 16.8 Å². The van der Waals surface area contributed by atoms with Crippen molar-refractivity contribution in [3.8, 4) is 0 Å². The lowest BCUT2D eigenvalue weighted by atomic mass is 10.4. The number of carbonyl (C=O) groups excluding carboxylic acids is 1. The molecule has 0 aliphatic heterocycles. The summed E-state index contributed by atoms with van der Waals surface area (Å²) >= 11 is 0.971. The third-order valence-corrected chi connectivity index (χ3v) is 4.50. The first-order valence-corrected chi connectivity index (χ1v) is 7.65. The summed E-state index contributed by atoms with van der Waals surface area (Å²) in [5, 5.41) is 3.31. The third kappa shape index (κ3) is 2.89. The molecule has 0 aliphatic rings.